The molecule has 0 saturated heterocycles. The highest BCUT2D eigenvalue weighted by Crippen LogP contribution is 2.27. The lowest BCUT2D eigenvalue weighted by atomic mass is 10.1. The van der Waals surface area contributed by atoms with Gasteiger partial charge in [-0.25, -0.2) is 4.57 Å². The molecule has 0 bridgehead atoms. The smallest absolute Gasteiger partial charge is 0.311 e. The highest BCUT2D eigenvalue weighted by atomic mass is 127. The van der Waals surface area contributed by atoms with Crippen LogP contribution in [0.5, 0.6) is 5.75 Å². The Balaban J connectivity index is 2.23. The number of aromatic nitrogens is 2. The molecule has 0 unspecified atom stereocenters. The summed E-state index contributed by atoms with van der Waals surface area (Å²) in [5.74, 6) is -0.750. The van der Waals surface area contributed by atoms with Crippen molar-refractivity contribution in [3.8, 4) is 5.75 Å². The van der Waals surface area contributed by atoms with Crippen molar-refractivity contribution in [3.63, 3.8) is 0 Å². The highest BCUT2D eigenvalue weighted by molar-refractivity contribution is 14.1. The van der Waals surface area contributed by atoms with Crippen molar-refractivity contribution in [1.82, 2.24) is 9.55 Å². The Morgan fingerprint density at radius 1 is 1.31 bits per heavy atom. The lowest BCUT2D eigenvalue weighted by molar-refractivity contribution is -0.385. The highest BCUT2D eigenvalue weighted by Gasteiger charge is 2.21. The quantitative estimate of drug-likeness (QED) is 0.265. The number of nitrogens with one attached hydrogen (secondary N) is 1. The molecule has 0 fully saturated rings. The molecule has 3 rings (SSSR count). The van der Waals surface area contributed by atoms with Crippen LogP contribution in [-0.4, -0.2) is 27.5 Å². The van der Waals surface area contributed by atoms with Gasteiger partial charge in [0.25, 0.3) is 11.5 Å². The van der Waals surface area contributed by atoms with Crippen LogP contribution in [0.15, 0.2) is 41.2 Å². The van der Waals surface area contributed by atoms with E-state index in [2.05, 4.69) is 27.6 Å². The van der Waals surface area contributed by atoms with Gasteiger partial charge in [-0.05, 0) is 65.1 Å². The fourth-order valence-electron chi connectivity index (χ4n) is 2.47. The van der Waals surface area contributed by atoms with Gasteiger partial charge >= 0.3 is 5.69 Å². The first-order valence-corrected chi connectivity index (χ1v) is 8.64. The van der Waals surface area contributed by atoms with E-state index in [0.717, 1.165) is 14.2 Å². The average Bonchev–Trinajstić information content (AvgIpc) is 2.61. The lowest BCUT2D eigenvalue weighted by Crippen LogP contribution is -2.29. The molecule has 8 nitrogen and oxygen atoms in total. The summed E-state index contributed by atoms with van der Waals surface area (Å²) in [6.07, 6.45) is 0. The van der Waals surface area contributed by atoms with Crippen LogP contribution in [-0.2, 0) is 0 Å². The second kappa shape index (κ2) is 6.96. The van der Waals surface area contributed by atoms with E-state index in [-0.39, 0.29) is 21.8 Å². The van der Waals surface area contributed by atoms with Gasteiger partial charge in [0, 0.05) is 15.2 Å². The molecule has 0 saturated carbocycles. The number of carbonyl (C=O) groups excluding carboxylic acids is 1. The van der Waals surface area contributed by atoms with Crippen LogP contribution >= 0.6 is 34.8 Å². The Morgan fingerprint density at radius 2 is 2.04 bits per heavy atom. The van der Waals surface area contributed by atoms with Crippen molar-refractivity contribution < 1.29 is 14.5 Å². The van der Waals surface area contributed by atoms with Gasteiger partial charge in [0.15, 0.2) is 10.5 Å². The number of rotatable bonds is 3. The number of methoxy groups -OCH3 is 1. The van der Waals surface area contributed by atoms with Crippen molar-refractivity contribution in [3.05, 3.63) is 70.8 Å². The zero-order valence-corrected chi connectivity index (χ0v) is 16.2. The summed E-state index contributed by atoms with van der Waals surface area (Å²) in [5.41, 5.74) is -0.517. The molecule has 26 heavy (non-hydrogen) atoms. The second-order valence-electron chi connectivity index (χ2n) is 5.21. The maximum absolute atomic E-state index is 12.8. The standard InChI is InChI=1S/C16H10IN3O5S/c1-25-13-5-2-8(6-12(13)20(23)24)14(21)19-15(22)10-7-9(17)3-4-11(10)18-16(19)26/h2-7H,1H3,(H,18,26). The molecule has 1 aromatic heterocycles. The minimum absolute atomic E-state index is 0.0112. The molecule has 1 heterocycles. The predicted molar refractivity (Wildman–Crippen MR) is 105 cm³/mol. The van der Waals surface area contributed by atoms with Crippen molar-refractivity contribution >= 4 is 57.3 Å². The van der Waals surface area contributed by atoms with E-state index < -0.39 is 16.4 Å². The summed E-state index contributed by atoms with van der Waals surface area (Å²) < 4.78 is 6.43. The lowest BCUT2D eigenvalue weighted by Gasteiger charge is -2.08. The molecule has 2 aromatic carbocycles. The Bertz CT molecular complexity index is 1180. The van der Waals surface area contributed by atoms with Crippen LogP contribution in [0.25, 0.3) is 10.9 Å². The topological polar surface area (TPSA) is 107 Å². The fraction of sp³-hybridized carbons (Fsp3) is 0.0625. The number of nitrogens with zero attached hydrogens (tertiary/aromatic N) is 2. The third-order valence-corrected chi connectivity index (χ3v) is 4.64. The summed E-state index contributed by atoms with van der Waals surface area (Å²) >= 11 is 7.19. The Hall–Kier alpha value is -2.60. The number of fused-ring (bicyclic) bond motifs is 1. The monoisotopic (exact) mass is 483 g/mol. The first kappa shape index (κ1) is 18.2. The van der Waals surface area contributed by atoms with Gasteiger partial charge in [-0.15, -0.1) is 0 Å². The summed E-state index contributed by atoms with van der Waals surface area (Å²) in [5, 5.41) is 11.4. The van der Waals surface area contributed by atoms with Gasteiger partial charge in [-0.2, -0.15) is 0 Å². The molecule has 1 N–H and O–H groups in total. The van der Waals surface area contributed by atoms with Gasteiger partial charge in [0.2, 0.25) is 0 Å². The average molecular weight is 483 g/mol. The minimum Gasteiger partial charge on any atom is -0.490 e. The molecule has 0 atom stereocenters. The Labute approximate surface area is 164 Å². The van der Waals surface area contributed by atoms with Crippen LogP contribution in [0.3, 0.4) is 0 Å². The van der Waals surface area contributed by atoms with Gasteiger partial charge in [0.05, 0.1) is 22.9 Å². The molecule has 10 heteroatoms. The summed E-state index contributed by atoms with van der Waals surface area (Å²) in [6.45, 7) is 0. The molecule has 0 amide bonds. The number of aromatic amines is 1. The number of hydrogen-bond acceptors (Lipinski definition) is 6. The van der Waals surface area contributed by atoms with E-state index in [9.17, 15) is 19.7 Å². The number of nitro groups is 1. The van der Waals surface area contributed by atoms with Crippen LogP contribution < -0.4 is 10.3 Å². The van der Waals surface area contributed by atoms with Crippen LogP contribution in [0.4, 0.5) is 5.69 Å². The third-order valence-electron chi connectivity index (χ3n) is 3.69. The van der Waals surface area contributed by atoms with Crippen molar-refractivity contribution in [2.75, 3.05) is 7.11 Å². The first-order valence-electron chi connectivity index (χ1n) is 7.15. The number of hydrogen-bond donors (Lipinski definition) is 1. The molecule has 0 aliphatic rings. The molecule has 132 valence electrons. The predicted octanol–water partition coefficient (Wildman–Crippen LogP) is 3.27. The van der Waals surface area contributed by atoms with Crippen molar-refractivity contribution in [2.24, 2.45) is 0 Å². The van der Waals surface area contributed by atoms with Crippen LogP contribution in [0, 0.1) is 18.5 Å². The van der Waals surface area contributed by atoms with E-state index in [1.807, 2.05) is 0 Å². The largest absolute Gasteiger partial charge is 0.490 e. The number of H-pyrrole nitrogens is 1. The van der Waals surface area contributed by atoms with Gasteiger partial charge < -0.3 is 9.72 Å². The van der Waals surface area contributed by atoms with Crippen molar-refractivity contribution in [2.45, 2.75) is 0 Å². The molecule has 0 aliphatic carbocycles. The number of halogens is 1. The normalized spacial score (nSPS) is 10.7. The summed E-state index contributed by atoms with van der Waals surface area (Å²) in [7, 11) is 1.29. The molecule has 0 radical (unpaired) electrons. The van der Waals surface area contributed by atoms with E-state index in [0.29, 0.717) is 10.9 Å². The molecule has 0 spiro atoms. The number of benzene rings is 2. The van der Waals surface area contributed by atoms with Gasteiger partial charge in [-0.1, -0.05) is 0 Å². The van der Waals surface area contributed by atoms with Gasteiger partial charge in [0.1, 0.15) is 0 Å². The van der Waals surface area contributed by atoms with Crippen molar-refractivity contribution in [1.29, 1.82) is 0 Å². The van der Waals surface area contributed by atoms with E-state index in [1.54, 1.807) is 18.2 Å². The molecule has 3 aromatic rings. The zero-order valence-electron chi connectivity index (χ0n) is 13.2. The summed E-state index contributed by atoms with van der Waals surface area (Å²) in [6, 6.07) is 8.82. The number of carbonyl (C=O) groups is 1. The fourth-order valence-corrected chi connectivity index (χ4v) is 3.23. The SMILES string of the molecule is COc1ccc(C(=O)n2c(=S)[nH]c3ccc(I)cc3c2=O)cc1[N+](=O)[O-]. The van der Waals surface area contributed by atoms with Gasteiger partial charge in [-0.3, -0.25) is 19.7 Å². The van der Waals surface area contributed by atoms with Crippen LogP contribution in [0.2, 0.25) is 0 Å². The maximum atomic E-state index is 12.8. The third kappa shape index (κ3) is 3.12. The molecule has 0 aliphatic heterocycles. The maximum Gasteiger partial charge on any atom is 0.311 e. The number of ether oxygens (including phenoxy) is 1. The van der Waals surface area contributed by atoms with E-state index in [1.165, 1.54) is 19.2 Å². The number of nitro benzene ring substituents is 1. The molecular weight excluding hydrogens is 473 g/mol. The second-order valence-corrected chi connectivity index (χ2v) is 6.84. The Morgan fingerprint density at radius 3 is 2.69 bits per heavy atom. The summed E-state index contributed by atoms with van der Waals surface area (Å²) in [4.78, 5) is 38.9. The molecular formula is C16H10IN3O5S. The van der Waals surface area contributed by atoms with Crippen LogP contribution in [0.1, 0.15) is 10.4 Å². The van der Waals surface area contributed by atoms with E-state index >= 15 is 0 Å². The first-order chi connectivity index (χ1) is 12.3. The van der Waals surface area contributed by atoms with E-state index in [4.69, 9.17) is 17.0 Å². The minimum atomic E-state index is -0.761. The Kier molecular flexibility index (Phi) is 4.87. The zero-order chi connectivity index (χ0) is 19.0.